The van der Waals surface area contributed by atoms with Gasteiger partial charge in [-0.15, -0.1) is 0 Å². The summed E-state index contributed by atoms with van der Waals surface area (Å²) < 4.78 is 18.4. The summed E-state index contributed by atoms with van der Waals surface area (Å²) in [4.78, 5) is 26.3. The first-order valence-corrected chi connectivity index (χ1v) is 8.79. The van der Waals surface area contributed by atoms with E-state index in [2.05, 4.69) is 10.6 Å². The van der Waals surface area contributed by atoms with Crippen molar-refractivity contribution in [2.45, 2.75) is 19.3 Å². The summed E-state index contributed by atoms with van der Waals surface area (Å²) in [5.74, 6) is 0.00260. The van der Waals surface area contributed by atoms with Gasteiger partial charge in [-0.2, -0.15) is 0 Å². The summed E-state index contributed by atoms with van der Waals surface area (Å²) in [5.41, 5.74) is 0.416. The maximum Gasteiger partial charge on any atom is 0.319 e. The van der Waals surface area contributed by atoms with E-state index in [9.17, 15) is 14.0 Å². The third-order valence-corrected chi connectivity index (χ3v) is 4.74. The lowest BCUT2D eigenvalue weighted by molar-refractivity contribution is -0.137. The molecule has 1 aromatic carbocycles. The number of amides is 3. The van der Waals surface area contributed by atoms with Gasteiger partial charge < -0.3 is 20.3 Å². The van der Waals surface area contributed by atoms with Crippen molar-refractivity contribution >= 4 is 17.6 Å². The highest BCUT2D eigenvalue weighted by molar-refractivity contribution is 5.89. The standard InChI is InChI=1S/C18H24FN3O3/c19-15-4-1-5-16(9-15)21-18(24)20-10-13-3-2-7-22(11-13)17(23)14-6-8-25-12-14/h1,4-5,9,13-14H,2-3,6-8,10-12H2,(H2,20,21,24). The maximum absolute atomic E-state index is 13.1. The van der Waals surface area contributed by atoms with Crippen molar-refractivity contribution in [2.75, 3.05) is 38.2 Å². The molecule has 3 rings (SSSR count). The van der Waals surface area contributed by atoms with E-state index in [-0.39, 0.29) is 23.8 Å². The minimum absolute atomic E-state index is 0.0111. The number of nitrogens with one attached hydrogen (secondary N) is 2. The number of piperidine rings is 1. The van der Waals surface area contributed by atoms with Crippen molar-refractivity contribution in [3.8, 4) is 0 Å². The minimum Gasteiger partial charge on any atom is -0.381 e. The molecule has 7 heteroatoms. The van der Waals surface area contributed by atoms with Crippen LogP contribution in [-0.4, -0.2) is 49.7 Å². The van der Waals surface area contributed by atoms with Gasteiger partial charge in [0.25, 0.3) is 0 Å². The Morgan fingerprint density at radius 1 is 1.32 bits per heavy atom. The number of nitrogens with zero attached hydrogens (tertiary/aromatic N) is 1. The SMILES string of the molecule is O=C(NCC1CCCN(C(=O)C2CCOC2)C1)Nc1cccc(F)c1. The van der Waals surface area contributed by atoms with Crippen LogP contribution < -0.4 is 10.6 Å². The third kappa shape index (κ3) is 4.92. The zero-order valence-electron chi connectivity index (χ0n) is 14.2. The zero-order chi connectivity index (χ0) is 17.6. The van der Waals surface area contributed by atoms with Crippen LogP contribution >= 0.6 is 0 Å². The van der Waals surface area contributed by atoms with Crippen molar-refractivity contribution in [3.63, 3.8) is 0 Å². The fourth-order valence-electron chi connectivity index (χ4n) is 3.40. The Labute approximate surface area is 146 Å². The summed E-state index contributed by atoms with van der Waals surface area (Å²) >= 11 is 0. The van der Waals surface area contributed by atoms with E-state index in [4.69, 9.17) is 4.74 Å². The summed E-state index contributed by atoms with van der Waals surface area (Å²) in [7, 11) is 0. The monoisotopic (exact) mass is 349 g/mol. The minimum atomic E-state index is -0.393. The molecule has 1 aromatic rings. The molecule has 2 aliphatic heterocycles. The summed E-state index contributed by atoms with van der Waals surface area (Å²) in [6.45, 7) is 3.12. The molecule has 2 aliphatic rings. The molecule has 2 unspecified atom stereocenters. The number of ether oxygens (including phenoxy) is 1. The smallest absolute Gasteiger partial charge is 0.319 e. The average molecular weight is 349 g/mol. The van der Waals surface area contributed by atoms with E-state index < -0.39 is 5.82 Å². The van der Waals surface area contributed by atoms with Gasteiger partial charge in [-0.1, -0.05) is 6.07 Å². The molecule has 2 N–H and O–H groups in total. The molecule has 3 amide bonds. The summed E-state index contributed by atoms with van der Waals surface area (Å²) in [5, 5.41) is 5.43. The Bertz CT molecular complexity index is 619. The zero-order valence-corrected chi connectivity index (χ0v) is 14.2. The van der Waals surface area contributed by atoms with E-state index in [0.717, 1.165) is 25.8 Å². The topological polar surface area (TPSA) is 70.7 Å². The van der Waals surface area contributed by atoms with Crippen LogP contribution in [-0.2, 0) is 9.53 Å². The van der Waals surface area contributed by atoms with Crippen molar-refractivity contribution in [3.05, 3.63) is 30.1 Å². The van der Waals surface area contributed by atoms with Crippen LogP contribution in [0.15, 0.2) is 24.3 Å². The lowest BCUT2D eigenvalue weighted by Crippen LogP contribution is -2.46. The molecule has 25 heavy (non-hydrogen) atoms. The molecule has 0 radical (unpaired) electrons. The van der Waals surface area contributed by atoms with Crippen molar-refractivity contribution in [1.82, 2.24) is 10.2 Å². The molecule has 2 fully saturated rings. The van der Waals surface area contributed by atoms with Gasteiger partial charge in [-0.3, -0.25) is 4.79 Å². The first-order chi connectivity index (χ1) is 12.1. The van der Waals surface area contributed by atoms with Crippen LogP contribution in [0.4, 0.5) is 14.9 Å². The van der Waals surface area contributed by atoms with Gasteiger partial charge in [0, 0.05) is 31.9 Å². The second-order valence-corrected chi connectivity index (χ2v) is 6.70. The van der Waals surface area contributed by atoms with Gasteiger partial charge in [0.1, 0.15) is 5.82 Å². The van der Waals surface area contributed by atoms with Gasteiger partial charge in [0.2, 0.25) is 5.91 Å². The lowest BCUT2D eigenvalue weighted by atomic mass is 9.96. The second-order valence-electron chi connectivity index (χ2n) is 6.70. The van der Waals surface area contributed by atoms with Crippen LogP contribution in [0, 0.1) is 17.7 Å². The molecule has 6 nitrogen and oxygen atoms in total. The number of carbonyl (C=O) groups is 2. The molecule has 136 valence electrons. The third-order valence-electron chi connectivity index (χ3n) is 4.74. The van der Waals surface area contributed by atoms with Crippen molar-refractivity contribution in [2.24, 2.45) is 11.8 Å². The van der Waals surface area contributed by atoms with Gasteiger partial charge in [-0.05, 0) is 43.4 Å². The lowest BCUT2D eigenvalue weighted by Gasteiger charge is -2.34. The largest absolute Gasteiger partial charge is 0.381 e. The molecule has 0 bridgehead atoms. The van der Waals surface area contributed by atoms with E-state index in [0.29, 0.717) is 32.0 Å². The summed E-state index contributed by atoms with van der Waals surface area (Å²) in [6, 6.07) is 5.41. The Hall–Kier alpha value is -2.15. The molecule has 2 heterocycles. The number of benzene rings is 1. The number of hydrogen-bond donors (Lipinski definition) is 2. The number of carbonyl (C=O) groups excluding carboxylic acids is 2. The number of rotatable bonds is 4. The molecule has 2 saturated heterocycles. The van der Waals surface area contributed by atoms with Gasteiger partial charge >= 0.3 is 6.03 Å². The van der Waals surface area contributed by atoms with Gasteiger partial charge in [0.05, 0.1) is 12.5 Å². The van der Waals surface area contributed by atoms with E-state index in [1.807, 2.05) is 4.90 Å². The Morgan fingerprint density at radius 3 is 2.96 bits per heavy atom. The normalized spacial score (nSPS) is 23.3. The maximum atomic E-state index is 13.1. The predicted molar refractivity (Wildman–Crippen MR) is 91.7 cm³/mol. The van der Waals surface area contributed by atoms with E-state index in [1.165, 1.54) is 12.1 Å². The quantitative estimate of drug-likeness (QED) is 0.876. The summed E-state index contributed by atoms with van der Waals surface area (Å²) in [6.07, 6.45) is 2.72. The van der Waals surface area contributed by atoms with Crippen LogP contribution in [0.5, 0.6) is 0 Å². The van der Waals surface area contributed by atoms with Gasteiger partial charge in [-0.25, -0.2) is 9.18 Å². The second kappa shape index (κ2) is 8.29. The van der Waals surface area contributed by atoms with Crippen LogP contribution in [0.1, 0.15) is 19.3 Å². The van der Waals surface area contributed by atoms with E-state index in [1.54, 1.807) is 12.1 Å². The molecule has 0 aliphatic carbocycles. The number of urea groups is 1. The Kier molecular flexibility index (Phi) is 5.86. The fraction of sp³-hybridized carbons (Fsp3) is 0.556. The van der Waals surface area contributed by atoms with Gasteiger partial charge in [0.15, 0.2) is 0 Å². The van der Waals surface area contributed by atoms with Crippen LogP contribution in [0.3, 0.4) is 0 Å². The van der Waals surface area contributed by atoms with Crippen LogP contribution in [0.25, 0.3) is 0 Å². The highest BCUT2D eigenvalue weighted by Gasteiger charge is 2.31. The first-order valence-electron chi connectivity index (χ1n) is 8.79. The number of hydrogen-bond acceptors (Lipinski definition) is 3. The van der Waals surface area contributed by atoms with E-state index >= 15 is 0 Å². The Balaban J connectivity index is 1.44. The number of halogens is 1. The van der Waals surface area contributed by atoms with Crippen molar-refractivity contribution < 1.29 is 18.7 Å². The predicted octanol–water partition coefficient (Wildman–Crippen LogP) is 2.22. The molecular weight excluding hydrogens is 325 g/mol. The number of anilines is 1. The molecular formula is C18H24FN3O3. The molecule has 0 spiro atoms. The van der Waals surface area contributed by atoms with Crippen molar-refractivity contribution in [1.29, 1.82) is 0 Å². The fourth-order valence-corrected chi connectivity index (χ4v) is 3.40. The highest BCUT2D eigenvalue weighted by atomic mass is 19.1. The molecule has 2 atom stereocenters. The Morgan fingerprint density at radius 2 is 2.20 bits per heavy atom. The molecule has 0 saturated carbocycles. The average Bonchev–Trinajstić information content (AvgIpc) is 3.14. The molecule has 0 aromatic heterocycles. The van der Waals surface area contributed by atoms with Crippen LogP contribution in [0.2, 0.25) is 0 Å². The highest BCUT2D eigenvalue weighted by Crippen LogP contribution is 2.21. The first kappa shape index (κ1) is 17.7. The number of likely N-dealkylation sites (tertiary alicyclic amines) is 1.